The first-order chi connectivity index (χ1) is 7.15. The van der Waals surface area contributed by atoms with Gasteiger partial charge >= 0.3 is 0 Å². The molecule has 0 amide bonds. The second kappa shape index (κ2) is 6.00. The normalized spacial score (nSPS) is 10.7. The Morgan fingerprint density at radius 3 is 2.60 bits per heavy atom. The lowest BCUT2D eigenvalue weighted by atomic mass is 10.2. The van der Waals surface area contributed by atoms with E-state index in [1.165, 1.54) is 0 Å². The molecule has 15 heavy (non-hydrogen) atoms. The van der Waals surface area contributed by atoms with Gasteiger partial charge in [-0.1, -0.05) is 11.6 Å². The minimum absolute atomic E-state index is 0.188. The molecule has 0 saturated heterocycles. The Hall–Kier alpha value is -0.710. The SMILES string of the molecule is CNCCNCc1cc(F)c(Cl)cc1F. The average Bonchev–Trinajstić information content (AvgIpc) is 2.20. The number of rotatable bonds is 5. The van der Waals surface area contributed by atoms with E-state index < -0.39 is 11.6 Å². The molecule has 0 atom stereocenters. The molecule has 2 nitrogen and oxygen atoms in total. The summed E-state index contributed by atoms with van der Waals surface area (Å²) in [6, 6.07) is 2.11. The van der Waals surface area contributed by atoms with Crippen LogP contribution in [0.1, 0.15) is 5.56 Å². The maximum Gasteiger partial charge on any atom is 0.142 e. The van der Waals surface area contributed by atoms with E-state index in [-0.39, 0.29) is 10.6 Å². The largest absolute Gasteiger partial charge is 0.318 e. The minimum Gasteiger partial charge on any atom is -0.318 e. The Morgan fingerprint density at radius 1 is 1.20 bits per heavy atom. The summed E-state index contributed by atoms with van der Waals surface area (Å²) in [6.45, 7) is 1.76. The summed E-state index contributed by atoms with van der Waals surface area (Å²) >= 11 is 5.42. The van der Waals surface area contributed by atoms with Gasteiger partial charge in [-0.2, -0.15) is 0 Å². The number of benzene rings is 1. The lowest BCUT2D eigenvalue weighted by Crippen LogP contribution is -2.24. The van der Waals surface area contributed by atoms with Crippen molar-refractivity contribution in [3.8, 4) is 0 Å². The van der Waals surface area contributed by atoms with Crippen LogP contribution in [0.4, 0.5) is 8.78 Å². The fourth-order valence-corrected chi connectivity index (χ4v) is 1.29. The van der Waals surface area contributed by atoms with Gasteiger partial charge in [-0.25, -0.2) is 8.78 Å². The van der Waals surface area contributed by atoms with E-state index in [0.29, 0.717) is 13.1 Å². The molecule has 0 bridgehead atoms. The van der Waals surface area contributed by atoms with Crippen LogP contribution >= 0.6 is 11.6 Å². The molecule has 84 valence electrons. The van der Waals surface area contributed by atoms with Gasteiger partial charge in [0.1, 0.15) is 11.6 Å². The predicted octanol–water partition coefficient (Wildman–Crippen LogP) is 1.93. The summed E-state index contributed by atoms with van der Waals surface area (Å²) < 4.78 is 26.2. The first-order valence-corrected chi connectivity index (χ1v) is 5.01. The third kappa shape index (κ3) is 3.74. The van der Waals surface area contributed by atoms with Gasteiger partial charge in [-0.3, -0.25) is 0 Å². The second-order valence-corrected chi connectivity index (χ2v) is 3.55. The molecule has 5 heteroatoms. The van der Waals surface area contributed by atoms with E-state index >= 15 is 0 Å². The molecule has 0 aromatic heterocycles. The molecular formula is C10H13ClF2N2. The summed E-state index contributed by atoms with van der Waals surface area (Å²) in [5.41, 5.74) is 0.285. The second-order valence-electron chi connectivity index (χ2n) is 3.14. The van der Waals surface area contributed by atoms with Crippen LogP contribution in [0.2, 0.25) is 5.02 Å². The number of likely N-dealkylation sites (N-methyl/N-ethyl adjacent to an activating group) is 1. The molecular weight excluding hydrogens is 222 g/mol. The van der Waals surface area contributed by atoms with Crippen LogP contribution < -0.4 is 10.6 Å². The van der Waals surface area contributed by atoms with Crippen molar-refractivity contribution >= 4 is 11.6 Å². The summed E-state index contributed by atoms with van der Waals surface area (Å²) in [6.07, 6.45) is 0. The van der Waals surface area contributed by atoms with E-state index in [9.17, 15) is 8.78 Å². The van der Waals surface area contributed by atoms with Crippen LogP contribution in [0, 0.1) is 11.6 Å². The number of hydrogen-bond donors (Lipinski definition) is 2. The molecule has 1 aromatic carbocycles. The third-order valence-corrected chi connectivity index (χ3v) is 2.25. The van der Waals surface area contributed by atoms with Crippen LogP contribution in [-0.4, -0.2) is 20.1 Å². The van der Waals surface area contributed by atoms with Crippen molar-refractivity contribution < 1.29 is 8.78 Å². The van der Waals surface area contributed by atoms with Crippen molar-refractivity contribution in [1.29, 1.82) is 0 Å². The average molecular weight is 235 g/mol. The molecule has 0 fully saturated rings. The molecule has 0 aliphatic heterocycles. The predicted molar refractivity (Wildman–Crippen MR) is 57.0 cm³/mol. The van der Waals surface area contributed by atoms with Gasteiger partial charge in [0.2, 0.25) is 0 Å². The Morgan fingerprint density at radius 2 is 1.93 bits per heavy atom. The molecule has 0 unspecified atom stereocenters. The maximum absolute atomic E-state index is 13.2. The third-order valence-electron chi connectivity index (χ3n) is 1.96. The molecule has 1 rings (SSSR count). The lowest BCUT2D eigenvalue weighted by molar-refractivity contribution is 0.566. The van der Waals surface area contributed by atoms with Crippen molar-refractivity contribution in [2.75, 3.05) is 20.1 Å². The molecule has 0 aliphatic rings. The molecule has 2 N–H and O–H groups in total. The Bertz CT molecular complexity index is 331. The fraction of sp³-hybridized carbons (Fsp3) is 0.400. The van der Waals surface area contributed by atoms with Crippen LogP contribution in [0.5, 0.6) is 0 Å². The van der Waals surface area contributed by atoms with E-state index in [0.717, 1.165) is 18.7 Å². The number of hydrogen-bond acceptors (Lipinski definition) is 2. The molecule has 0 aliphatic carbocycles. The van der Waals surface area contributed by atoms with E-state index in [2.05, 4.69) is 10.6 Å². The fourth-order valence-electron chi connectivity index (χ4n) is 1.14. The zero-order valence-electron chi connectivity index (χ0n) is 8.41. The molecule has 0 saturated carbocycles. The Kier molecular flexibility index (Phi) is 4.94. The van der Waals surface area contributed by atoms with E-state index in [1.54, 1.807) is 0 Å². The van der Waals surface area contributed by atoms with Crippen molar-refractivity contribution in [3.05, 3.63) is 34.4 Å². The maximum atomic E-state index is 13.2. The highest BCUT2D eigenvalue weighted by Gasteiger charge is 2.07. The molecule has 0 spiro atoms. The Labute approximate surface area is 92.6 Å². The van der Waals surface area contributed by atoms with Gasteiger partial charge in [-0.15, -0.1) is 0 Å². The Balaban J connectivity index is 2.57. The van der Waals surface area contributed by atoms with Crippen LogP contribution in [0.15, 0.2) is 12.1 Å². The highest BCUT2D eigenvalue weighted by atomic mass is 35.5. The summed E-state index contributed by atoms with van der Waals surface area (Å²) in [7, 11) is 1.82. The quantitative estimate of drug-likeness (QED) is 0.601. The van der Waals surface area contributed by atoms with E-state index in [4.69, 9.17) is 11.6 Å². The van der Waals surface area contributed by atoms with Crippen molar-refractivity contribution in [1.82, 2.24) is 10.6 Å². The van der Waals surface area contributed by atoms with Crippen molar-refractivity contribution in [3.63, 3.8) is 0 Å². The minimum atomic E-state index is -0.594. The first-order valence-electron chi connectivity index (χ1n) is 4.64. The van der Waals surface area contributed by atoms with Crippen LogP contribution in [-0.2, 0) is 6.54 Å². The number of halogens is 3. The molecule has 0 heterocycles. The zero-order chi connectivity index (χ0) is 11.3. The van der Waals surface area contributed by atoms with Crippen LogP contribution in [0.25, 0.3) is 0 Å². The van der Waals surface area contributed by atoms with Gasteiger partial charge in [0, 0.05) is 25.2 Å². The molecule has 0 radical (unpaired) electrons. The van der Waals surface area contributed by atoms with Gasteiger partial charge in [-0.05, 0) is 19.2 Å². The lowest BCUT2D eigenvalue weighted by Gasteiger charge is -2.06. The summed E-state index contributed by atoms with van der Waals surface area (Å²) in [5, 5.41) is 5.73. The first kappa shape index (κ1) is 12.4. The van der Waals surface area contributed by atoms with Gasteiger partial charge in [0.25, 0.3) is 0 Å². The van der Waals surface area contributed by atoms with Gasteiger partial charge < -0.3 is 10.6 Å². The number of nitrogens with one attached hydrogen (secondary N) is 2. The van der Waals surface area contributed by atoms with Gasteiger partial charge in [0.05, 0.1) is 5.02 Å². The standard InChI is InChI=1S/C10H13ClF2N2/c1-14-2-3-15-6-7-4-10(13)8(11)5-9(7)12/h4-5,14-15H,2-3,6H2,1H3. The van der Waals surface area contributed by atoms with Crippen molar-refractivity contribution in [2.24, 2.45) is 0 Å². The topological polar surface area (TPSA) is 24.1 Å². The van der Waals surface area contributed by atoms with E-state index in [1.807, 2.05) is 7.05 Å². The summed E-state index contributed by atoms with van der Waals surface area (Å²) in [5.74, 6) is -1.08. The highest BCUT2D eigenvalue weighted by molar-refractivity contribution is 6.30. The molecule has 1 aromatic rings. The highest BCUT2D eigenvalue weighted by Crippen LogP contribution is 2.18. The van der Waals surface area contributed by atoms with Gasteiger partial charge in [0.15, 0.2) is 0 Å². The zero-order valence-corrected chi connectivity index (χ0v) is 9.17. The van der Waals surface area contributed by atoms with Crippen molar-refractivity contribution in [2.45, 2.75) is 6.54 Å². The monoisotopic (exact) mass is 234 g/mol. The smallest absolute Gasteiger partial charge is 0.142 e. The van der Waals surface area contributed by atoms with Crippen LogP contribution in [0.3, 0.4) is 0 Å². The summed E-state index contributed by atoms with van der Waals surface area (Å²) in [4.78, 5) is 0.